The fourth-order valence-electron chi connectivity index (χ4n) is 2.79. The van der Waals surface area contributed by atoms with Crippen LogP contribution < -0.4 is 16.1 Å². The van der Waals surface area contributed by atoms with Gasteiger partial charge in [-0.3, -0.25) is 0 Å². The SMILES string of the molecule is CCOCCNS(=O)(=O)c1ccc(-n2c(=O)n3n(c2=O)CCC3)cc1. The summed E-state index contributed by atoms with van der Waals surface area (Å²) in [5.41, 5.74) is -0.474. The first-order valence-electron chi connectivity index (χ1n) is 8.06. The van der Waals surface area contributed by atoms with Gasteiger partial charge in [-0.05, 0) is 37.6 Å². The molecule has 2 heterocycles. The molecule has 0 saturated heterocycles. The van der Waals surface area contributed by atoms with E-state index >= 15 is 0 Å². The van der Waals surface area contributed by atoms with Gasteiger partial charge in [-0.25, -0.2) is 36.7 Å². The molecule has 0 saturated carbocycles. The fraction of sp³-hybridized carbons (Fsp3) is 0.467. The van der Waals surface area contributed by atoms with Crippen LogP contribution in [-0.2, 0) is 27.8 Å². The molecule has 3 rings (SSSR count). The predicted molar refractivity (Wildman–Crippen MR) is 90.6 cm³/mol. The Kier molecular flexibility index (Phi) is 4.93. The van der Waals surface area contributed by atoms with Crippen molar-refractivity contribution in [3.05, 3.63) is 45.2 Å². The lowest BCUT2D eigenvalue weighted by Gasteiger charge is -2.07. The summed E-state index contributed by atoms with van der Waals surface area (Å²) >= 11 is 0. The summed E-state index contributed by atoms with van der Waals surface area (Å²) in [6.45, 7) is 3.83. The summed E-state index contributed by atoms with van der Waals surface area (Å²) in [5.74, 6) is 0. The van der Waals surface area contributed by atoms with Crippen LogP contribution in [0.25, 0.3) is 5.69 Å². The maximum absolute atomic E-state index is 12.3. The van der Waals surface area contributed by atoms with E-state index in [0.29, 0.717) is 25.4 Å². The number of benzene rings is 1. The number of hydrogen-bond donors (Lipinski definition) is 1. The van der Waals surface area contributed by atoms with Crippen LogP contribution in [0.5, 0.6) is 0 Å². The molecule has 1 aliphatic rings. The van der Waals surface area contributed by atoms with Gasteiger partial charge in [-0.1, -0.05) is 0 Å². The summed E-state index contributed by atoms with van der Waals surface area (Å²) in [5, 5.41) is 0. The standard InChI is InChI=1S/C15H20N4O5S/c1-2-24-11-8-16-25(22,23)13-6-4-12(5-7-13)19-14(20)17-9-3-10-18(17)15(19)21/h4-7,16H,2-3,8-11H2,1H3. The molecular weight excluding hydrogens is 348 g/mol. The number of sulfonamides is 1. The predicted octanol–water partition coefficient (Wildman–Crippen LogP) is -0.481. The monoisotopic (exact) mass is 368 g/mol. The molecule has 0 spiro atoms. The average molecular weight is 368 g/mol. The second-order valence-corrected chi connectivity index (χ2v) is 7.36. The zero-order valence-corrected chi connectivity index (χ0v) is 14.7. The van der Waals surface area contributed by atoms with Crippen molar-refractivity contribution in [3.8, 4) is 5.69 Å². The smallest absolute Gasteiger partial charge is 0.351 e. The molecule has 1 aliphatic heterocycles. The maximum Gasteiger partial charge on any atom is 0.351 e. The van der Waals surface area contributed by atoms with Gasteiger partial charge in [-0.15, -0.1) is 0 Å². The minimum absolute atomic E-state index is 0.0626. The van der Waals surface area contributed by atoms with E-state index in [4.69, 9.17) is 4.74 Å². The number of ether oxygens (including phenoxy) is 1. The average Bonchev–Trinajstić information content (AvgIpc) is 3.16. The van der Waals surface area contributed by atoms with Crippen molar-refractivity contribution in [2.45, 2.75) is 31.3 Å². The molecule has 0 aliphatic carbocycles. The molecular formula is C15H20N4O5S. The Labute approximate surface area is 144 Å². The van der Waals surface area contributed by atoms with Crippen LogP contribution in [0, 0.1) is 0 Å². The van der Waals surface area contributed by atoms with Gasteiger partial charge < -0.3 is 4.74 Å². The van der Waals surface area contributed by atoms with E-state index in [2.05, 4.69) is 4.72 Å². The largest absolute Gasteiger partial charge is 0.380 e. The zero-order chi connectivity index (χ0) is 18.0. The number of nitrogens with zero attached hydrogens (tertiary/aromatic N) is 3. The van der Waals surface area contributed by atoms with Crippen molar-refractivity contribution >= 4 is 10.0 Å². The highest BCUT2D eigenvalue weighted by Gasteiger charge is 2.21. The lowest BCUT2D eigenvalue weighted by Crippen LogP contribution is -2.29. The summed E-state index contributed by atoms with van der Waals surface area (Å²) in [7, 11) is -3.66. The van der Waals surface area contributed by atoms with Gasteiger partial charge in [-0.2, -0.15) is 0 Å². The molecule has 0 atom stereocenters. The van der Waals surface area contributed by atoms with Gasteiger partial charge in [0.15, 0.2) is 0 Å². The van der Waals surface area contributed by atoms with E-state index in [1.807, 2.05) is 6.92 Å². The Morgan fingerprint density at radius 2 is 1.68 bits per heavy atom. The van der Waals surface area contributed by atoms with Crippen LogP contribution in [0.2, 0.25) is 0 Å². The van der Waals surface area contributed by atoms with Crippen molar-refractivity contribution in [2.24, 2.45) is 0 Å². The maximum atomic E-state index is 12.3. The zero-order valence-electron chi connectivity index (χ0n) is 13.8. The fourth-order valence-corrected chi connectivity index (χ4v) is 3.81. The van der Waals surface area contributed by atoms with E-state index in [-0.39, 0.29) is 18.0 Å². The highest BCUT2D eigenvalue weighted by atomic mass is 32.2. The number of fused-ring (bicyclic) bond motifs is 1. The van der Waals surface area contributed by atoms with Crippen molar-refractivity contribution < 1.29 is 13.2 Å². The highest BCUT2D eigenvalue weighted by molar-refractivity contribution is 7.89. The van der Waals surface area contributed by atoms with Crippen molar-refractivity contribution in [3.63, 3.8) is 0 Å². The Bertz CT molecular complexity index is 933. The van der Waals surface area contributed by atoms with E-state index in [9.17, 15) is 18.0 Å². The molecule has 0 radical (unpaired) electrons. The quantitative estimate of drug-likeness (QED) is 0.665. The first-order chi connectivity index (χ1) is 12.0. The molecule has 1 aromatic carbocycles. The summed E-state index contributed by atoms with van der Waals surface area (Å²) in [6.07, 6.45) is 0.760. The van der Waals surface area contributed by atoms with Crippen LogP contribution in [0.3, 0.4) is 0 Å². The molecule has 0 fully saturated rings. The lowest BCUT2D eigenvalue weighted by atomic mass is 10.3. The summed E-state index contributed by atoms with van der Waals surface area (Å²) in [6, 6.07) is 5.65. The molecule has 1 N–H and O–H groups in total. The van der Waals surface area contributed by atoms with Gasteiger partial charge in [0.05, 0.1) is 17.2 Å². The Morgan fingerprint density at radius 1 is 1.08 bits per heavy atom. The molecule has 25 heavy (non-hydrogen) atoms. The number of aromatic nitrogens is 3. The minimum Gasteiger partial charge on any atom is -0.380 e. The van der Waals surface area contributed by atoms with Crippen LogP contribution in [0.1, 0.15) is 13.3 Å². The second kappa shape index (κ2) is 6.98. The molecule has 10 heteroatoms. The highest BCUT2D eigenvalue weighted by Crippen LogP contribution is 2.12. The number of nitrogens with one attached hydrogen (secondary N) is 1. The van der Waals surface area contributed by atoms with Crippen molar-refractivity contribution in [2.75, 3.05) is 19.8 Å². The van der Waals surface area contributed by atoms with Crippen LogP contribution in [0.15, 0.2) is 38.8 Å². The third-order valence-electron chi connectivity index (χ3n) is 4.00. The topological polar surface area (TPSA) is 104 Å². The van der Waals surface area contributed by atoms with E-state index in [1.54, 1.807) is 0 Å². The van der Waals surface area contributed by atoms with Crippen molar-refractivity contribution in [1.82, 2.24) is 18.7 Å². The van der Waals surface area contributed by atoms with Crippen molar-refractivity contribution in [1.29, 1.82) is 0 Å². The Hall–Kier alpha value is -2.17. The molecule has 0 bridgehead atoms. The van der Waals surface area contributed by atoms with Crippen LogP contribution in [0.4, 0.5) is 0 Å². The Morgan fingerprint density at radius 3 is 2.24 bits per heavy atom. The van der Waals surface area contributed by atoms with E-state index in [0.717, 1.165) is 11.0 Å². The first kappa shape index (κ1) is 17.6. The van der Waals surface area contributed by atoms with E-state index in [1.165, 1.54) is 33.6 Å². The van der Waals surface area contributed by atoms with Crippen LogP contribution >= 0.6 is 0 Å². The van der Waals surface area contributed by atoms with Gasteiger partial charge in [0, 0.05) is 26.2 Å². The molecule has 0 unspecified atom stereocenters. The normalized spacial score (nSPS) is 14.0. The summed E-state index contributed by atoms with van der Waals surface area (Å²) in [4.78, 5) is 24.7. The molecule has 1 aromatic heterocycles. The number of rotatable bonds is 7. The molecule has 2 aromatic rings. The molecule has 0 amide bonds. The Balaban J connectivity index is 1.84. The van der Waals surface area contributed by atoms with Gasteiger partial charge in [0.25, 0.3) is 0 Å². The summed E-state index contributed by atoms with van der Waals surface area (Å²) < 4.78 is 35.8. The van der Waals surface area contributed by atoms with Crippen LogP contribution in [-0.4, -0.2) is 42.1 Å². The minimum atomic E-state index is -3.66. The van der Waals surface area contributed by atoms with Gasteiger partial charge >= 0.3 is 11.4 Å². The third-order valence-corrected chi connectivity index (χ3v) is 5.48. The first-order valence-corrected chi connectivity index (χ1v) is 9.54. The van der Waals surface area contributed by atoms with Gasteiger partial charge in [0.2, 0.25) is 10.0 Å². The molecule has 9 nitrogen and oxygen atoms in total. The molecule has 136 valence electrons. The third kappa shape index (κ3) is 3.32. The lowest BCUT2D eigenvalue weighted by molar-refractivity contribution is 0.153. The number of hydrogen-bond acceptors (Lipinski definition) is 5. The second-order valence-electron chi connectivity index (χ2n) is 5.59. The van der Waals surface area contributed by atoms with E-state index < -0.39 is 21.4 Å². The van der Waals surface area contributed by atoms with Gasteiger partial charge in [0.1, 0.15) is 0 Å².